The summed E-state index contributed by atoms with van der Waals surface area (Å²) in [4.78, 5) is 23.6. The van der Waals surface area contributed by atoms with Gasteiger partial charge in [-0.3, -0.25) is 4.79 Å². The summed E-state index contributed by atoms with van der Waals surface area (Å²) in [6, 6.07) is -0.146. The van der Waals surface area contributed by atoms with E-state index in [4.69, 9.17) is 9.47 Å². The molecular formula is C19H38N2O6S. The molecule has 0 bridgehead atoms. The van der Waals surface area contributed by atoms with Crippen LogP contribution in [0.4, 0.5) is 4.79 Å². The maximum Gasteiger partial charge on any atom is 0.410 e. The Labute approximate surface area is 170 Å². The second kappa shape index (κ2) is 13.5. The van der Waals surface area contributed by atoms with Crippen molar-refractivity contribution in [2.75, 3.05) is 26.0 Å². The van der Waals surface area contributed by atoms with Crippen LogP contribution in [0, 0.1) is 5.92 Å². The zero-order valence-electron chi connectivity index (χ0n) is 18.6. The van der Waals surface area contributed by atoms with Crippen molar-refractivity contribution in [3.05, 3.63) is 12.7 Å². The molecular weight excluding hydrogens is 384 g/mol. The summed E-state index contributed by atoms with van der Waals surface area (Å²) in [5.74, 6) is 0.116. The number of rotatable bonds is 5. The van der Waals surface area contributed by atoms with E-state index in [1.54, 1.807) is 4.90 Å². The smallest absolute Gasteiger partial charge is 0.410 e. The number of amides is 1. The molecule has 0 unspecified atom stereocenters. The third-order valence-corrected chi connectivity index (χ3v) is 3.90. The minimum atomic E-state index is -3.24. The van der Waals surface area contributed by atoms with Gasteiger partial charge >= 0.3 is 12.1 Å². The first kappa shape index (κ1) is 28.6. The molecule has 8 nitrogen and oxygen atoms in total. The van der Waals surface area contributed by atoms with Crippen LogP contribution in [0.2, 0.25) is 0 Å². The van der Waals surface area contributed by atoms with Crippen LogP contribution >= 0.6 is 0 Å². The molecule has 1 amide bonds. The molecule has 0 saturated carbocycles. The monoisotopic (exact) mass is 422 g/mol. The van der Waals surface area contributed by atoms with E-state index in [2.05, 4.69) is 11.3 Å². The molecule has 1 N–H and O–H groups in total. The fraction of sp³-hybridized carbons (Fsp3) is 0.789. The van der Waals surface area contributed by atoms with Crippen molar-refractivity contribution < 1.29 is 27.5 Å². The van der Waals surface area contributed by atoms with E-state index in [0.717, 1.165) is 12.7 Å². The summed E-state index contributed by atoms with van der Waals surface area (Å²) >= 11 is 0. The summed E-state index contributed by atoms with van der Waals surface area (Å²) in [5.41, 5.74) is -0.328. The molecule has 28 heavy (non-hydrogen) atoms. The number of carbonyl (C=O) groups excluding carboxylic acids is 2. The summed E-state index contributed by atoms with van der Waals surface area (Å²) in [7, 11) is -3.24. The molecule has 2 atom stereocenters. The van der Waals surface area contributed by atoms with Crippen molar-refractivity contribution in [2.24, 2.45) is 5.92 Å². The van der Waals surface area contributed by atoms with Gasteiger partial charge in [0, 0.05) is 26.1 Å². The number of esters is 1. The van der Waals surface area contributed by atoms with Gasteiger partial charge in [0.1, 0.15) is 12.2 Å². The van der Waals surface area contributed by atoms with Crippen LogP contribution in [0.1, 0.15) is 54.9 Å². The van der Waals surface area contributed by atoms with Crippen molar-refractivity contribution in [1.82, 2.24) is 9.62 Å². The highest BCUT2D eigenvalue weighted by Crippen LogP contribution is 2.23. The van der Waals surface area contributed by atoms with E-state index in [-0.39, 0.29) is 30.8 Å². The van der Waals surface area contributed by atoms with Gasteiger partial charge in [0.25, 0.3) is 0 Å². The molecule has 0 aromatic heterocycles. The van der Waals surface area contributed by atoms with Crippen LogP contribution < -0.4 is 4.72 Å². The van der Waals surface area contributed by atoms with Crippen LogP contribution in [0.25, 0.3) is 0 Å². The van der Waals surface area contributed by atoms with E-state index in [1.807, 2.05) is 41.5 Å². The average molecular weight is 423 g/mol. The molecule has 1 heterocycles. The Kier molecular flexibility index (Phi) is 13.8. The maximum atomic E-state index is 11.8. The Morgan fingerprint density at radius 3 is 2.18 bits per heavy atom. The summed E-state index contributed by atoms with van der Waals surface area (Å²) in [6.45, 7) is 17.4. The number of hydrogen-bond acceptors (Lipinski definition) is 6. The van der Waals surface area contributed by atoms with E-state index in [1.165, 1.54) is 13.0 Å². The van der Waals surface area contributed by atoms with Crippen molar-refractivity contribution in [3.63, 3.8) is 0 Å². The fourth-order valence-electron chi connectivity index (χ4n) is 2.46. The lowest BCUT2D eigenvalue weighted by Crippen LogP contribution is -2.43. The number of ether oxygens (including phenoxy) is 2. The molecule has 0 radical (unpaired) electrons. The van der Waals surface area contributed by atoms with Crippen molar-refractivity contribution in [3.8, 4) is 0 Å². The van der Waals surface area contributed by atoms with Gasteiger partial charge < -0.3 is 14.4 Å². The minimum absolute atomic E-state index is 0.146. The van der Waals surface area contributed by atoms with Crippen LogP contribution in [-0.4, -0.2) is 63.0 Å². The molecule has 0 aromatic rings. The molecule has 1 rings (SSSR count). The Morgan fingerprint density at radius 2 is 1.82 bits per heavy atom. The van der Waals surface area contributed by atoms with Crippen molar-refractivity contribution in [2.45, 2.75) is 66.5 Å². The predicted molar refractivity (Wildman–Crippen MR) is 112 cm³/mol. The van der Waals surface area contributed by atoms with Gasteiger partial charge in [-0.15, -0.1) is 0 Å². The highest BCUT2D eigenvalue weighted by atomic mass is 32.2. The Hall–Kier alpha value is -1.61. The summed E-state index contributed by atoms with van der Waals surface area (Å²) in [5, 5.41) is 0. The fourth-order valence-corrected chi connectivity index (χ4v) is 2.96. The van der Waals surface area contributed by atoms with Crippen LogP contribution in [-0.2, 0) is 24.3 Å². The molecule has 0 spiro atoms. The van der Waals surface area contributed by atoms with Gasteiger partial charge in [-0.05, 0) is 33.1 Å². The first-order chi connectivity index (χ1) is 12.7. The van der Waals surface area contributed by atoms with Crippen molar-refractivity contribution >= 4 is 22.1 Å². The van der Waals surface area contributed by atoms with E-state index in [9.17, 15) is 18.0 Å². The maximum absolute atomic E-state index is 11.8. The zero-order valence-corrected chi connectivity index (χ0v) is 19.4. The standard InChI is InChI=1S/C11H20N2O4S.C6H12O2.C2H6/c1-4-5-17-11(14)13-8-9(2)6-10(13)7-12-18(3,15)16;1-5(7)8-6(2,3)4;1-2/h4,9-10,12H,1,5-8H2,2-3H3;1-4H3;1-2H3/t9-,10-;;/m0../s1. The number of nitrogens with one attached hydrogen (secondary N) is 1. The quantitative estimate of drug-likeness (QED) is 0.540. The van der Waals surface area contributed by atoms with E-state index < -0.39 is 16.1 Å². The number of carbonyl (C=O) groups is 2. The average Bonchev–Trinajstić information content (AvgIpc) is 2.91. The highest BCUT2D eigenvalue weighted by molar-refractivity contribution is 7.88. The molecule has 1 fully saturated rings. The number of nitrogens with zero attached hydrogens (tertiary/aromatic N) is 1. The van der Waals surface area contributed by atoms with Crippen LogP contribution in [0.3, 0.4) is 0 Å². The molecule has 1 aliphatic heterocycles. The van der Waals surface area contributed by atoms with Gasteiger partial charge in [-0.2, -0.15) is 0 Å². The molecule has 0 aliphatic carbocycles. The topological polar surface area (TPSA) is 102 Å². The Balaban J connectivity index is 0. The van der Waals surface area contributed by atoms with Crippen LogP contribution in [0.5, 0.6) is 0 Å². The van der Waals surface area contributed by atoms with Crippen molar-refractivity contribution in [1.29, 1.82) is 0 Å². The Bertz CT molecular complexity index is 584. The molecule has 1 saturated heterocycles. The van der Waals surface area contributed by atoms with Gasteiger partial charge in [-0.25, -0.2) is 17.9 Å². The van der Waals surface area contributed by atoms with E-state index >= 15 is 0 Å². The van der Waals surface area contributed by atoms with Gasteiger partial charge in [0.2, 0.25) is 10.0 Å². The molecule has 166 valence electrons. The van der Waals surface area contributed by atoms with Gasteiger partial charge in [0.05, 0.1) is 6.26 Å². The molecule has 0 aromatic carbocycles. The minimum Gasteiger partial charge on any atom is -0.460 e. The normalized spacial score (nSPS) is 18.8. The lowest BCUT2D eigenvalue weighted by atomic mass is 10.1. The van der Waals surface area contributed by atoms with E-state index in [0.29, 0.717) is 12.5 Å². The third kappa shape index (κ3) is 15.4. The zero-order chi connectivity index (χ0) is 22.5. The number of sulfonamides is 1. The first-order valence-corrected chi connectivity index (χ1v) is 11.3. The number of hydrogen-bond donors (Lipinski definition) is 1. The second-order valence-corrected chi connectivity index (χ2v) is 9.17. The lowest BCUT2D eigenvalue weighted by Gasteiger charge is -2.23. The second-order valence-electron chi connectivity index (χ2n) is 7.34. The third-order valence-electron chi connectivity index (χ3n) is 3.21. The largest absolute Gasteiger partial charge is 0.460 e. The summed E-state index contributed by atoms with van der Waals surface area (Å²) < 4.78 is 34.3. The first-order valence-electron chi connectivity index (χ1n) is 9.43. The molecule has 1 aliphatic rings. The van der Waals surface area contributed by atoms with Crippen LogP contribution in [0.15, 0.2) is 12.7 Å². The Morgan fingerprint density at radius 1 is 1.29 bits per heavy atom. The number of likely N-dealkylation sites (tertiary alicyclic amines) is 1. The lowest BCUT2D eigenvalue weighted by molar-refractivity contribution is -0.151. The summed E-state index contributed by atoms with van der Waals surface area (Å²) in [6.07, 6.45) is 2.96. The predicted octanol–water partition coefficient (Wildman–Crippen LogP) is 2.94. The van der Waals surface area contributed by atoms with Gasteiger partial charge in [-0.1, -0.05) is 33.4 Å². The molecule has 9 heteroatoms. The van der Waals surface area contributed by atoms with Gasteiger partial charge in [0.15, 0.2) is 0 Å². The SMILES string of the molecule is C=CCOC(=O)N1C[C@@H](C)C[C@H]1CNS(C)(=O)=O.CC.CC(=O)OC(C)(C)C. The highest BCUT2D eigenvalue weighted by Gasteiger charge is 2.34.